The Labute approximate surface area is 95.0 Å². The molecule has 5 nitrogen and oxygen atoms in total. The number of carbonyl (C=O) groups is 2. The Morgan fingerprint density at radius 1 is 1.44 bits per heavy atom. The smallest absolute Gasteiger partial charge is 0.429 e. The molecule has 5 heteroatoms. The van der Waals surface area contributed by atoms with Crippen LogP contribution < -0.4 is 0 Å². The van der Waals surface area contributed by atoms with E-state index in [0.717, 1.165) is 0 Å². The molecule has 1 amide bonds. The highest BCUT2D eigenvalue weighted by atomic mass is 16.7. The molecule has 0 fully saturated rings. The van der Waals surface area contributed by atoms with Crippen molar-refractivity contribution in [3.8, 4) is 0 Å². The van der Waals surface area contributed by atoms with Crippen LogP contribution in [0.15, 0.2) is 11.6 Å². The summed E-state index contributed by atoms with van der Waals surface area (Å²) < 4.78 is 10.00. The third kappa shape index (κ3) is 2.98. The summed E-state index contributed by atoms with van der Waals surface area (Å²) in [6.07, 6.45) is 0.150. The molecule has 0 aromatic rings. The summed E-state index contributed by atoms with van der Waals surface area (Å²) in [7, 11) is 1.57. The SMILES string of the molecule is CC1=CC(OC(=O)OC(C)(C)C)N(C)C1=O. The Kier molecular flexibility index (Phi) is 3.26. The maximum Gasteiger partial charge on any atom is 0.510 e. The quantitative estimate of drug-likeness (QED) is 0.639. The first-order chi connectivity index (χ1) is 7.20. The third-order valence-electron chi connectivity index (χ3n) is 2.04. The summed E-state index contributed by atoms with van der Waals surface area (Å²) >= 11 is 0. The van der Waals surface area contributed by atoms with Crippen molar-refractivity contribution in [3.05, 3.63) is 11.6 Å². The van der Waals surface area contributed by atoms with E-state index in [1.165, 1.54) is 4.90 Å². The number of ether oxygens (including phenoxy) is 2. The molecule has 1 unspecified atom stereocenters. The van der Waals surface area contributed by atoms with Gasteiger partial charge in [-0.2, -0.15) is 0 Å². The van der Waals surface area contributed by atoms with Crippen molar-refractivity contribution in [2.75, 3.05) is 7.05 Å². The minimum atomic E-state index is -0.775. The summed E-state index contributed by atoms with van der Waals surface area (Å²) in [5.41, 5.74) is -0.0344. The number of hydrogen-bond acceptors (Lipinski definition) is 4. The van der Waals surface area contributed by atoms with E-state index in [9.17, 15) is 9.59 Å². The Hall–Kier alpha value is -1.52. The van der Waals surface area contributed by atoms with Crippen LogP contribution in [0.4, 0.5) is 4.79 Å². The molecule has 1 rings (SSSR count). The zero-order valence-electron chi connectivity index (χ0n) is 10.2. The molecule has 1 heterocycles. The van der Waals surface area contributed by atoms with Crippen LogP contribution >= 0.6 is 0 Å². The molecular formula is C11H17NO4. The van der Waals surface area contributed by atoms with E-state index in [4.69, 9.17) is 9.47 Å². The summed E-state index contributed by atoms with van der Waals surface area (Å²) in [5.74, 6) is -0.145. The second-order valence-corrected chi connectivity index (χ2v) is 4.74. The lowest BCUT2D eigenvalue weighted by Crippen LogP contribution is -2.35. The monoisotopic (exact) mass is 227 g/mol. The van der Waals surface area contributed by atoms with E-state index in [2.05, 4.69) is 0 Å². The van der Waals surface area contributed by atoms with Gasteiger partial charge in [0.25, 0.3) is 5.91 Å². The van der Waals surface area contributed by atoms with Crippen molar-refractivity contribution in [2.45, 2.75) is 39.5 Å². The largest absolute Gasteiger partial charge is 0.510 e. The van der Waals surface area contributed by atoms with E-state index < -0.39 is 18.0 Å². The lowest BCUT2D eigenvalue weighted by molar-refractivity contribution is -0.131. The second-order valence-electron chi connectivity index (χ2n) is 4.74. The lowest BCUT2D eigenvalue weighted by atomic mass is 10.2. The molecule has 0 N–H and O–H groups in total. The fraction of sp³-hybridized carbons (Fsp3) is 0.636. The molecule has 90 valence electrons. The fourth-order valence-electron chi connectivity index (χ4n) is 1.28. The van der Waals surface area contributed by atoms with Gasteiger partial charge >= 0.3 is 6.16 Å². The van der Waals surface area contributed by atoms with Gasteiger partial charge in [-0.05, 0) is 33.8 Å². The third-order valence-corrected chi connectivity index (χ3v) is 2.04. The molecule has 0 aromatic heterocycles. The topological polar surface area (TPSA) is 55.8 Å². The van der Waals surface area contributed by atoms with Gasteiger partial charge in [-0.15, -0.1) is 0 Å². The van der Waals surface area contributed by atoms with E-state index in [1.54, 1.807) is 40.8 Å². The highest BCUT2D eigenvalue weighted by Gasteiger charge is 2.31. The van der Waals surface area contributed by atoms with Crippen LogP contribution in [0.5, 0.6) is 0 Å². The van der Waals surface area contributed by atoms with Gasteiger partial charge in [0.2, 0.25) is 6.23 Å². The predicted octanol–water partition coefficient (Wildman–Crippen LogP) is 1.68. The fourth-order valence-corrected chi connectivity index (χ4v) is 1.28. The van der Waals surface area contributed by atoms with Gasteiger partial charge in [0.1, 0.15) is 5.60 Å². The molecule has 0 aromatic carbocycles. The van der Waals surface area contributed by atoms with Crippen molar-refractivity contribution in [1.29, 1.82) is 0 Å². The van der Waals surface area contributed by atoms with Crippen LogP contribution in [0, 0.1) is 0 Å². The van der Waals surface area contributed by atoms with Gasteiger partial charge in [0, 0.05) is 12.6 Å². The first kappa shape index (κ1) is 12.5. The van der Waals surface area contributed by atoms with E-state index >= 15 is 0 Å². The molecule has 0 aliphatic carbocycles. The zero-order chi connectivity index (χ0) is 12.5. The zero-order valence-corrected chi connectivity index (χ0v) is 10.2. The molecule has 16 heavy (non-hydrogen) atoms. The van der Waals surface area contributed by atoms with Crippen LogP contribution in [0.1, 0.15) is 27.7 Å². The Morgan fingerprint density at radius 2 is 2.00 bits per heavy atom. The van der Waals surface area contributed by atoms with Gasteiger partial charge < -0.3 is 14.4 Å². The number of hydrogen-bond donors (Lipinski definition) is 0. The second kappa shape index (κ2) is 4.15. The highest BCUT2D eigenvalue weighted by molar-refractivity contribution is 5.95. The van der Waals surface area contributed by atoms with Gasteiger partial charge in [0.15, 0.2) is 0 Å². The van der Waals surface area contributed by atoms with E-state index in [-0.39, 0.29) is 5.91 Å². The minimum Gasteiger partial charge on any atom is -0.429 e. The van der Waals surface area contributed by atoms with Crippen LogP contribution in [0.3, 0.4) is 0 Å². The standard InChI is InChI=1S/C11H17NO4/c1-7-6-8(12(5)9(7)13)15-10(14)16-11(2,3)4/h6,8H,1-5H3. The molecule has 1 aliphatic rings. The summed E-state index contributed by atoms with van der Waals surface area (Å²) in [4.78, 5) is 24.1. The van der Waals surface area contributed by atoms with Crippen molar-refractivity contribution in [3.63, 3.8) is 0 Å². The van der Waals surface area contributed by atoms with Crippen molar-refractivity contribution in [1.82, 2.24) is 4.90 Å². The van der Waals surface area contributed by atoms with Gasteiger partial charge in [-0.1, -0.05) is 0 Å². The number of rotatable bonds is 1. The molecule has 0 radical (unpaired) electrons. The minimum absolute atomic E-state index is 0.145. The van der Waals surface area contributed by atoms with Crippen LogP contribution in [-0.2, 0) is 14.3 Å². The van der Waals surface area contributed by atoms with Gasteiger partial charge in [-0.25, -0.2) is 4.79 Å². The number of carbonyl (C=O) groups excluding carboxylic acids is 2. The maximum atomic E-state index is 11.4. The molecular weight excluding hydrogens is 210 g/mol. The molecule has 0 saturated heterocycles. The molecule has 0 bridgehead atoms. The summed E-state index contributed by atoms with van der Waals surface area (Å²) in [5, 5.41) is 0. The molecule has 0 saturated carbocycles. The Morgan fingerprint density at radius 3 is 2.38 bits per heavy atom. The number of likely N-dealkylation sites (N-methyl/N-ethyl adjacent to an activating group) is 1. The summed E-state index contributed by atoms with van der Waals surface area (Å²) in [6.45, 7) is 6.92. The molecule has 1 aliphatic heterocycles. The highest BCUT2D eigenvalue weighted by Crippen LogP contribution is 2.18. The average Bonchev–Trinajstić information content (AvgIpc) is 2.30. The van der Waals surface area contributed by atoms with Crippen molar-refractivity contribution >= 4 is 12.1 Å². The van der Waals surface area contributed by atoms with Crippen LogP contribution in [0.2, 0.25) is 0 Å². The number of nitrogens with zero attached hydrogens (tertiary/aromatic N) is 1. The van der Waals surface area contributed by atoms with E-state index in [1.807, 2.05) is 0 Å². The normalized spacial score (nSPS) is 20.8. The van der Waals surface area contributed by atoms with Crippen molar-refractivity contribution in [2.24, 2.45) is 0 Å². The average molecular weight is 227 g/mol. The van der Waals surface area contributed by atoms with Crippen LogP contribution in [-0.4, -0.2) is 35.8 Å². The van der Waals surface area contributed by atoms with E-state index in [0.29, 0.717) is 5.57 Å². The first-order valence-electron chi connectivity index (χ1n) is 5.06. The predicted molar refractivity (Wildman–Crippen MR) is 57.6 cm³/mol. The number of amides is 1. The maximum absolute atomic E-state index is 11.4. The summed E-state index contributed by atoms with van der Waals surface area (Å²) in [6, 6.07) is 0. The molecule has 1 atom stereocenters. The van der Waals surface area contributed by atoms with Crippen molar-refractivity contribution < 1.29 is 19.1 Å². The molecule has 0 spiro atoms. The Balaban J connectivity index is 2.57. The lowest BCUT2D eigenvalue weighted by Gasteiger charge is -2.23. The van der Waals surface area contributed by atoms with Gasteiger partial charge in [0.05, 0.1) is 0 Å². The van der Waals surface area contributed by atoms with Crippen LogP contribution in [0.25, 0.3) is 0 Å². The first-order valence-corrected chi connectivity index (χ1v) is 5.06. The van der Waals surface area contributed by atoms with Gasteiger partial charge in [-0.3, -0.25) is 4.79 Å². The Bertz CT molecular complexity index is 340.